The summed E-state index contributed by atoms with van der Waals surface area (Å²) in [6, 6.07) is 16.9. The third-order valence-corrected chi connectivity index (χ3v) is 5.32. The summed E-state index contributed by atoms with van der Waals surface area (Å²) in [7, 11) is 0. The number of amides is 5. The van der Waals surface area contributed by atoms with Crippen LogP contribution >= 0.6 is 11.6 Å². The van der Waals surface area contributed by atoms with E-state index in [2.05, 4.69) is 5.32 Å². The monoisotopic (exact) mass is 520 g/mol. The second-order valence-electron chi connectivity index (χ2n) is 7.62. The van der Waals surface area contributed by atoms with Crippen LogP contribution in [0.5, 0.6) is 5.75 Å². The van der Waals surface area contributed by atoms with Gasteiger partial charge in [-0.25, -0.2) is 9.69 Å². The fourth-order valence-electron chi connectivity index (χ4n) is 3.42. The van der Waals surface area contributed by atoms with Crippen LogP contribution in [0.15, 0.2) is 78.4 Å². The van der Waals surface area contributed by atoms with Gasteiger partial charge in [-0.1, -0.05) is 35.9 Å². The first kappa shape index (κ1) is 25.1. The third kappa shape index (κ3) is 5.80. The minimum atomic E-state index is -1.06. The number of rotatable bonds is 7. The van der Waals surface area contributed by atoms with Crippen molar-refractivity contribution in [3.05, 3.63) is 99.1 Å². The van der Waals surface area contributed by atoms with E-state index in [0.717, 1.165) is 12.1 Å². The van der Waals surface area contributed by atoms with Crippen molar-refractivity contribution in [3.8, 4) is 5.75 Å². The molecule has 12 heteroatoms. The van der Waals surface area contributed by atoms with E-state index in [0.29, 0.717) is 10.6 Å². The smallest absolute Gasteiger partial charge is 0.335 e. The fraction of sp³-hybridized carbons (Fsp3) is 0.0400. The van der Waals surface area contributed by atoms with Crippen LogP contribution in [0.4, 0.5) is 21.9 Å². The number of hydrogen-bond acceptors (Lipinski definition) is 7. The molecule has 3 aromatic rings. The Morgan fingerprint density at radius 2 is 1.81 bits per heavy atom. The van der Waals surface area contributed by atoms with Crippen LogP contribution in [0, 0.1) is 10.1 Å². The van der Waals surface area contributed by atoms with Crippen molar-refractivity contribution in [1.29, 1.82) is 0 Å². The number of halogens is 1. The number of carbonyl (C=O) groups is 4. The van der Waals surface area contributed by atoms with Gasteiger partial charge >= 0.3 is 6.03 Å². The highest BCUT2D eigenvalue weighted by Gasteiger charge is 2.37. The van der Waals surface area contributed by atoms with Crippen LogP contribution in [0.25, 0.3) is 6.08 Å². The van der Waals surface area contributed by atoms with E-state index in [1.165, 1.54) is 36.4 Å². The first-order valence-corrected chi connectivity index (χ1v) is 11.0. The standard InChI is InChI=1S/C25H17ClN4O7/c26-16-9-10-21(37-14-22(31)27-17-5-2-1-3-6-17)15(11-16)12-20-23(32)28-25(34)29(24(20)33)18-7-4-8-19(13-18)30(35)36/h1-13H,14H2,(H,27,31)(H,28,32,34)/b20-12+. The van der Waals surface area contributed by atoms with Crippen LogP contribution in [0.3, 0.4) is 0 Å². The Balaban J connectivity index is 1.61. The van der Waals surface area contributed by atoms with E-state index in [-0.39, 0.29) is 34.3 Å². The van der Waals surface area contributed by atoms with Gasteiger partial charge in [0, 0.05) is 28.4 Å². The lowest BCUT2D eigenvalue weighted by Crippen LogP contribution is -2.54. The van der Waals surface area contributed by atoms with Gasteiger partial charge in [-0.3, -0.25) is 29.8 Å². The number of nitrogens with zero attached hydrogens (tertiary/aromatic N) is 2. The quantitative estimate of drug-likeness (QED) is 0.207. The lowest BCUT2D eigenvalue weighted by Gasteiger charge is -2.26. The van der Waals surface area contributed by atoms with Gasteiger partial charge in [-0.2, -0.15) is 0 Å². The molecule has 1 aliphatic rings. The molecule has 1 saturated heterocycles. The maximum absolute atomic E-state index is 13.2. The van der Waals surface area contributed by atoms with Crippen molar-refractivity contribution >= 4 is 58.5 Å². The zero-order chi connectivity index (χ0) is 26.5. The number of nitrogens with one attached hydrogen (secondary N) is 2. The Kier molecular flexibility index (Phi) is 7.26. The highest BCUT2D eigenvalue weighted by atomic mass is 35.5. The number of ether oxygens (including phenoxy) is 1. The topological polar surface area (TPSA) is 148 Å². The summed E-state index contributed by atoms with van der Waals surface area (Å²) < 4.78 is 5.60. The number of para-hydroxylation sites is 1. The molecule has 37 heavy (non-hydrogen) atoms. The number of carbonyl (C=O) groups excluding carboxylic acids is 4. The second kappa shape index (κ2) is 10.7. The summed E-state index contributed by atoms with van der Waals surface area (Å²) >= 11 is 6.09. The first-order chi connectivity index (χ1) is 17.7. The number of hydrogen-bond donors (Lipinski definition) is 2. The lowest BCUT2D eigenvalue weighted by atomic mass is 10.1. The number of nitro benzene ring substituents is 1. The molecule has 1 aliphatic heterocycles. The van der Waals surface area contributed by atoms with Crippen LogP contribution in [-0.4, -0.2) is 35.3 Å². The van der Waals surface area contributed by atoms with E-state index < -0.39 is 34.2 Å². The predicted molar refractivity (Wildman–Crippen MR) is 134 cm³/mol. The van der Waals surface area contributed by atoms with E-state index in [1.54, 1.807) is 30.3 Å². The zero-order valence-corrected chi connectivity index (χ0v) is 19.6. The summed E-state index contributed by atoms with van der Waals surface area (Å²) in [5.74, 6) is -2.31. The molecule has 0 bridgehead atoms. The molecule has 0 radical (unpaired) electrons. The summed E-state index contributed by atoms with van der Waals surface area (Å²) in [6.07, 6.45) is 1.16. The Hall–Kier alpha value is -5.03. The molecule has 5 amide bonds. The lowest BCUT2D eigenvalue weighted by molar-refractivity contribution is -0.384. The molecule has 0 spiro atoms. The maximum Gasteiger partial charge on any atom is 0.335 e. The van der Waals surface area contributed by atoms with Gasteiger partial charge in [0.1, 0.15) is 11.3 Å². The predicted octanol–water partition coefficient (Wildman–Crippen LogP) is 3.93. The average molecular weight is 521 g/mol. The van der Waals surface area contributed by atoms with Gasteiger partial charge in [0.15, 0.2) is 6.61 Å². The molecular formula is C25H17ClN4O7. The average Bonchev–Trinajstić information content (AvgIpc) is 2.86. The molecular weight excluding hydrogens is 504 g/mol. The van der Waals surface area contributed by atoms with Gasteiger partial charge < -0.3 is 10.1 Å². The maximum atomic E-state index is 13.2. The largest absolute Gasteiger partial charge is 0.483 e. The summed E-state index contributed by atoms with van der Waals surface area (Å²) in [6.45, 7) is -0.384. The zero-order valence-electron chi connectivity index (χ0n) is 18.8. The molecule has 0 unspecified atom stereocenters. The van der Waals surface area contributed by atoms with E-state index >= 15 is 0 Å². The van der Waals surface area contributed by atoms with Crippen LogP contribution < -0.4 is 20.3 Å². The van der Waals surface area contributed by atoms with E-state index in [1.807, 2.05) is 5.32 Å². The second-order valence-corrected chi connectivity index (χ2v) is 8.06. The highest BCUT2D eigenvalue weighted by Crippen LogP contribution is 2.29. The van der Waals surface area contributed by atoms with Crippen LogP contribution in [-0.2, 0) is 14.4 Å². The van der Waals surface area contributed by atoms with Crippen molar-refractivity contribution in [2.75, 3.05) is 16.8 Å². The molecule has 0 saturated carbocycles. The molecule has 0 aliphatic carbocycles. The molecule has 2 N–H and O–H groups in total. The molecule has 0 atom stereocenters. The Morgan fingerprint density at radius 1 is 1.05 bits per heavy atom. The number of nitro groups is 1. The number of benzene rings is 3. The minimum Gasteiger partial charge on any atom is -0.483 e. The third-order valence-electron chi connectivity index (χ3n) is 5.09. The first-order valence-electron chi connectivity index (χ1n) is 10.7. The number of urea groups is 1. The number of barbiturate groups is 1. The molecule has 1 heterocycles. The van der Waals surface area contributed by atoms with Crippen molar-refractivity contribution < 1.29 is 28.8 Å². The van der Waals surface area contributed by atoms with Crippen LogP contribution in [0.2, 0.25) is 5.02 Å². The summed E-state index contributed by atoms with van der Waals surface area (Å²) in [4.78, 5) is 61.5. The molecule has 186 valence electrons. The van der Waals surface area contributed by atoms with Crippen molar-refractivity contribution in [2.45, 2.75) is 0 Å². The number of imide groups is 2. The molecule has 4 rings (SSSR count). The number of anilines is 2. The summed E-state index contributed by atoms with van der Waals surface area (Å²) in [5, 5.41) is 16.1. The van der Waals surface area contributed by atoms with Gasteiger partial charge in [-0.05, 0) is 42.5 Å². The molecule has 3 aromatic carbocycles. The van der Waals surface area contributed by atoms with E-state index in [9.17, 15) is 29.3 Å². The minimum absolute atomic E-state index is 0.102. The van der Waals surface area contributed by atoms with Gasteiger partial charge in [-0.15, -0.1) is 0 Å². The Morgan fingerprint density at radius 3 is 2.54 bits per heavy atom. The van der Waals surface area contributed by atoms with Gasteiger partial charge in [0.2, 0.25) is 0 Å². The van der Waals surface area contributed by atoms with Crippen LogP contribution in [0.1, 0.15) is 5.56 Å². The molecule has 11 nitrogen and oxygen atoms in total. The fourth-order valence-corrected chi connectivity index (χ4v) is 3.60. The Labute approximate surface area is 214 Å². The highest BCUT2D eigenvalue weighted by molar-refractivity contribution is 6.39. The van der Waals surface area contributed by atoms with Gasteiger partial charge in [0.05, 0.1) is 10.6 Å². The summed E-state index contributed by atoms with van der Waals surface area (Å²) in [5.41, 5.74) is -0.140. The normalized spacial score (nSPS) is 14.4. The van der Waals surface area contributed by atoms with Crippen molar-refractivity contribution in [1.82, 2.24) is 5.32 Å². The molecule has 0 aromatic heterocycles. The Bertz CT molecular complexity index is 1460. The molecule has 1 fully saturated rings. The van der Waals surface area contributed by atoms with Crippen molar-refractivity contribution in [2.24, 2.45) is 0 Å². The van der Waals surface area contributed by atoms with Gasteiger partial charge in [0.25, 0.3) is 23.4 Å². The van der Waals surface area contributed by atoms with Crippen molar-refractivity contribution in [3.63, 3.8) is 0 Å². The van der Waals surface area contributed by atoms with E-state index in [4.69, 9.17) is 16.3 Å². The SMILES string of the molecule is O=C(COc1ccc(Cl)cc1/C=C1\C(=O)NC(=O)N(c2cccc([N+](=O)[O-])c2)C1=O)Nc1ccccc1. The number of non-ortho nitro benzene ring substituents is 1.